The molecule has 4 bridgehead atoms. The largest absolute Gasteiger partial charge is 0.309 e. The molecule has 9 aromatic rings. The molecule has 6 aliphatic carbocycles. The maximum Gasteiger partial charge on any atom is 0.0540 e. The van der Waals surface area contributed by atoms with Gasteiger partial charge in [0, 0.05) is 27.6 Å². The fourth-order valence-corrected chi connectivity index (χ4v) is 15.0. The lowest BCUT2D eigenvalue weighted by atomic mass is 9.43. The lowest BCUT2D eigenvalue weighted by molar-refractivity contribution is -0.0399. The number of hydrogen-bond acceptors (Lipinski definition) is 1. The van der Waals surface area contributed by atoms with Crippen molar-refractivity contribution < 1.29 is 0 Å². The Hall–Kier alpha value is -7.22. The third-order valence-electron chi connectivity index (χ3n) is 17.5. The minimum atomic E-state index is -0.167. The van der Waals surface area contributed by atoms with Crippen LogP contribution < -0.4 is 4.90 Å². The summed E-state index contributed by atoms with van der Waals surface area (Å²) in [5.41, 5.74) is 24.9. The summed E-state index contributed by atoms with van der Waals surface area (Å²) < 4.78 is 0. The Labute approximate surface area is 401 Å². The van der Waals surface area contributed by atoms with Crippen LogP contribution in [0.2, 0.25) is 0 Å². The minimum Gasteiger partial charge on any atom is -0.309 e. The van der Waals surface area contributed by atoms with Crippen molar-refractivity contribution in [1.29, 1.82) is 0 Å². The number of nitrogens with zero attached hydrogens (tertiary/aromatic N) is 1. The number of hydrogen-bond donors (Lipinski definition) is 0. The minimum absolute atomic E-state index is 0.0522. The second-order valence-electron chi connectivity index (χ2n) is 21.2. The van der Waals surface area contributed by atoms with Gasteiger partial charge in [0.25, 0.3) is 0 Å². The zero-order chi connectivity index (χ0) is 45.1. The lowest BCUT2D eigenvalue weighted by Crippen LogP contribution is -2.55. The van der Waals surface area contributed by atoms with Gasteiger partial charge < -0.3 is 4.90 Å². The molecule has 0 aliphatic heterocycles. The molecule has 0 N–H and O–H groups in total. The molecule has 68 heavy (non-hydrogen) atoms. The summed E-state index contributed by atoms with van der Waals surface area (Å²) in [4.78, 5) is 2.64. The summed E-state index contributed by atoms with van der Waals surface area (Å²) in [6, 6.07) is 80.6. The van der Waals surface area contributed by atoms with Gasteiger partial charge in [-0.05, 0) is 164 Å². The van der Waals surface area contributed by atoms with E-state index in [0.29, 0.717) is 11.8 Å². The Morgan fingerprint density at radius 1 is 0.338 bits per heavy atom. The van der Waals surface area contributed by atoms with Gasteiger partial charge in [-0.2, -0.15) is 0 Å². The van der Waals surface area contributed by atoms with Crippen LogP contribution in [-0.2, 0) is 10.8 Å². The van der Waals surface area contributed by atoms with E-state index in [0.717, 1.165) is 11.8 Å². The first-order valence-electron chi connectivity index (χ1n) is 25.2. The molecule has 9 aromatic carbocycles. The zero-order valence-corrected chi connectivity index (χ0v) is 39.0. The Balaban J connectivity index is 0.998. The smallest absolute Gasteiger partial charge is 0.0540 e. The first-order chi connectivity index (χ1) is 33.5. The SMILES string of the molecule is CC1(C)c2ccccc2-c2cccc(-c3ccccc3N(c3ccc4c(c3)C3(c5ccccc5-4)C4CC5CC(C4)CC3C5)c3ccccc3-c3cccc(-c4ccccc4-c4ccccc4)c3)c21. The maximum atomic E-state index is 2.67. The van der Waals surface area contributed by atoms with Gasteiger partial charge in [0.2, 0.25) is 0 Å². The number of rotatable bonds is 7. The molecule has 0 heterocycles. The molecular weight excluding hydrogens is 819 g/mol. The van der Waals surface area contributed by atoms with E-state index in [-0.39, 0.29) is 10.8 Å². The average Bonchev–Trinajstić information content (AvgIpc) is 3.81. The zero-order valence-electron chi connectivity index (χ0n) is 39.0. The number of anilines is 3. The Bertz CT molecular complexity index is 3430. The molecule has 4 saturated carbocycles. The predicted molar refractivity (Wildman–Crippen MR) is 284 cm³/mol. The highest BCUT2D eigenvalue weighted by atomic mass is 15.1. The van der Waals surface area contributed by atoms with Crippen LogP contribution >= 0.6 is 0 Å². The van der Waals surface area contributed by atoms with Crippen molar-refractivity contribution in [2.24, 2.45) is 23.7 Å². The van der Waals surface area contributed by atoms with Crippen molar-refractivity contribution >= 4 is 17.1 Å². The van der Waals surface area contributed by atoms with Gasteiger partial charge in [-0.25, -0.2) is 0 Å². The average molecular weight is 874 g/mol. The molecule has 1 heteroatoms. The fraction of sp³-hybridized carbons (Fsp3) is 0.194. The van der Waals surface area contributed by atoms with Crippen molar-refractivity contribution in [3.63, 3.8) is 0 Å². The topological polar surface area (TPSA) is 3.24 Å². The van der Waals surface area contributed by atoms with E-state index in [1.54, 1.807) is 11.1 Å². The van der Waals surface area contributed by atoms with Gasteiger partial charge in [0.15, 0.2) is 0 Å². The van der Waals surface area contributed by atoms with Crippen LogP contribution in [0, 0.1) is 23.7 Å². The summed E-state index contributed by atoms with van der Waals surface area (Å²) in [5.74, 6) is 3.13. The van der Waals surface area contributed by atoms with Gasteiger partial charge >= 0.3 is 0 Å². The molecule has 1 spiro atoms. The van der Waals surface area contributed by atoms with Crippen molar-refractivity contribution in [2.75, 3.05) is 4.90 Å². The second kappa shape index (κ2) is 15.1. The molecule has 0 amide bonds. The van der Waals surface area contributed by atoms with Crippen molar-refractivity contribution in [3.8, 4) is 66.8 Å². The second-order valence-corrected chi connectivity index (χ2v) is 21.2. The Morgan fingerprint density at radius 2 is 0.794 bits per heavy atom. The molecule has 4 fully saturated rings. The van der Waals surface area contributed by atoms with Crippen LogP contribution in [-0.4, -0.2) is 0 Å². The summed E-state index contributed by atoms with van der Waals surface area (Å²) in [6.45, 7) is 4.84. The van der Waals surface area contributed by atoms with Gasteiger partial charge in [0.1, 0.15) is 0 Å². The molecule has 328 valence electrons. The first kappa shape index (κ1) is 39.9. The van der Waals surface area contributed by atoms with Crippen LogP contribution in [0.25, 0.3) is 66.8 Å². The van der Waals surface area contributed by atoms with E-state index in [9.17, 15) is 0 Å². The fourth-order valence-electron chi connectivity index (χ4n) is 15.0. The number of para-hydroxylation sites is 2. The highest BCUT2D eigenvalue weighted by Gasteiger charge is 2.61. The van der Waals surface area contributed by atoms with Gasteiger partial charge in [0.05, 0.1) is 11.4 Å². The molecule has 0 aromatic heterocycles. The van der Waals surface area contributed by atoms with Gasteiger partial charge in [-0.3, -0.25) is 0 Å². The van der Waals surface area contributed by atoms with Gasteiger partial charge in [-0.15, -0.1) is 0 Å². The van der Waals surface area contributed by atoms with E-state index in [1.807, 2.05) is 0 Å². The molecule has 1 nitrogen and oxygen atoms in total. The third-order valence-corrected chi connectivity index (χ3v) is 17.5. The summed E-state index contributed by atoms with van der Waals surface area (Å²) in [7, 11) is 0. The summed E-state index contributed by atoms with van der Waals surface area (Å²) in [6.07, 6.45) is 6.90. The Kier molecular flexibility index (Phi) is 8.89. The maximum absolute atomic E-state index is 2.67. The molecule has 15 rings (SSSR count). The van der Waals surface area contributed by atoms with Crippen molar-refractivity contribution in [2.45, 2.75) is 56.8 Å². The number of benzene rings is 9. The molecule has 0 radical (unpaired) electrons. The van der Waals surface area contributed by atoms with Crippen LogP contribution in [0.3, 0.4) is 0 Å². The van der Waals surface area contributed by atoms with E-state index >= 15 is 0 Å². The molecule has 0 saturated heterocycles. The van der Waals surface area contributed by atoms with Crippen molar-refractivity contribution in [3.05, 3.63) is 235 Å². The highest BCUT2D eigenvalue weighted by Crippen LogP contribution is 2.70. The summed E-state index contributed by atoms with van der Waals surface area (Å²) in [5, 5.41) is 0. The van der Waals surface area contributed by atoms with E-state index < -0.39 is 0 Å². The number of fused-ring (bicyclic) bond motifs is 6. The van der Waals surface area contributed by atoms with Crippen LogP contribution in [0.5, 0.6) is 0 Å². The van der Waals surface area contributed by atoms with Gasteiger partial charge in [-0.1, -0.05) is 196 Å². The van der Waals surface area contributed by atoms with Crippen LogP contribution in [0.4, 0.5) is 17.1 Å². The van der Waals surface area contributed by atoms with Crippen LogP contribution in [0.15, 0.2) is 212 Å². The highest BCUT2D eigenvalue weighted by molar-refractivity contribution is 5.98. The molecule has 0 unspecified atom stereocenters. The lowest BCUT2D eigenvalue weighted by Gasteiger charge is -2.61. The van der Waals surface area contributed by atoms with Crippen molar-refractivity contribution in [1.82, 2.24) is 0 Å². The normalized spacial score (nSPS) is 21.9. The standard InChI is InChI=1S/C67H55N/c1-66(2)60-30-12-8-26-55(60)58-28-17-29-59(65(58)66)57-27-11-15-33-64(57)68(50-34-35-56-54-25-9-13-31-61(54)67(62(56)42-50)48-37-43-36-44(39-48)40-49(67)38-43)63-32-14-10-24-53(63)47-21-16-20-46(41-47)52-23-7-6-22-51(52)45-18-4-3-5-19-45/h3-35,41-44,48-49H,36-40H2,1-2H3. The van der Waals surface area contributed by atoms with E-state index in [2.05, 4.69) is 231 Å². The molecule has 0 atom stereocenters. The summed E-state index contributed by atoms with van der Waals surface area (Å²) >= 11 is 0. The predicted octanol–water partition coefficient (Wildman–Crippen LogP) is 17.9. The molecular formula is C67H55N. The monoisotopic (exact) mass is 873 g/mol. The van der Waals surface area contributed by atoms with E-state index in [1.165, 1.54) is 127 Å². The third kappa shape index (κ3) is 5.75. The first-order valence-corrected chi connectivity index (χ1v) is 25.2. The van der Waals surface area contributed by atoms with Crippen LogP contribution in [0.1, 0.15) is 68.2 Å². The van der Waals surface area contributed by atoms with E-state index in [4.69, 9.17) is 0 Å². The molecule has 6 aliphatic rings. The Morgan fingerprint density at radius 3 is 1.49 bits per heavy atom. The quantitative estimate of drug-likeness (QED) is 0.154.